The summed E-state index contributed by atoms with van der Waals surface area (Å²) >= 11 is 7.19. The summed E-state index contributed by atoms with van der Waals surface area (Å²) < 4.78 is 0. The minimum absolute atomic E-state index is 0.319. The maximum absolute atomic E-state index is 10.6. The highest BCUT2D eigenvalue weighted by atomic mass is 35.5. The maximum Gasteiger partial charge on any atom is 0.187 e. The van der Waals surface area contributed by atoms with Crippen molar-refractivity contribution in [2.24, 2.45) is 5.92 Å². The predicted molar refractivity (Wildman–Crippen MR) is 63.1 cm³/mol. The van der Waals surface area contributed by atoms with Gasteiger partial charge in [-0.25, -0.2) is 4.98 Å². The summed E-state index contributed by atoms with van der Waals surface area (Å²) in [5.74, 6) is 0.775. The van der Waals surface area contributed by atoms with Crippen molar-refractivity contribution in [1.29, 1.82) is 0 Å². The molecular weight excluding hydrogens is 232 g/mol. The molecule has 1 fully saturated rings. The average molecular weight is 245 g/mol. The summed E-state index contributed by atoms with van der Waals surface area (Å²) in [5.41, 5.74) is 0. The first-order valence-corrected chi connectivity index (χ1v) is 6.17. The molecule has 0 spiro atoms. The highest BCUT2D eigenvalue weighted by Crippen LogP contribution is 2.38. The second-order valence-corrected chi connectivity index (χ2v) is 5.33. The molecule has 0 amide bonds. The van der Waals surface area contributed by atoms with E-state index in [0.717, 1.165) is 17.3 Å². The molecule has 1 aromatic heterocycles. The van der Waals surface area contributed by atoms with Gasteiger partial charge in [0.25, 0.3) is 0 Å². The molecular formula is C10H13ClN2OS. The van der Waals surface area contributed by atoms with E-state index >= 15 is 0 Å². The van der Waals surface area contributed by atoms with E-state index in [9.17, 15) is 4.79 Å². The minimum atomic E-state index is 0.319. The summed E-state index contributed by atoms with van der Waals surface area (Å²) in [6.07, 6.45) is 3.36. The van der Waals surface area contributed by atoms with Crippen LogP contribution in [0, 0.1) is 5.92 Å². The van der Waals surface area contributed by atoms with Crippen LogP contribution in [0.2, 0.25) is 5.15 Å². The summed E-state index contributed by atoms with van der Waals surface area (Å²) in [7, 11) is 2.01. The molecule has 1 aromatic rings. The minimum Gasteiger partial charge on any atom is -0.348 e. The fourth-order valence-corrected chi connectivity index (χ4v) is 2.71. The number of halogens is 1. The molecule has 3 nitrogen and oxygen atoms in total. The molecule has 0 N–H and O–H groups in total. The maximum atomic E-state index is 10.6. The molecule has 1 heterocycles. The lowest BCUT2D eigenvalue weighted by Crippen LogP contribution is -2.30. The largest absolute Gasteiger partial charge is 0.348 e. The molecule has 0 saturated heterocycles. The van der Waals surface area contributed by atoms with Gasteiger partial charge in [0.15, 0.2) is 16.6 Å². The van der Waals surface area contributed by atoms with Crippen LogP contribution in [0.5, 0.6) is 0 Å². The van der Waals surface area contributed by atoms with E-state index in [1.807, 2.05) is 7.05 Å². The first kappa shape index (κ1) is 10.9. The number of hydrogen-bond acceptors (Lipinski definition) is 4. The lowest BCUT2D eigenvalue weighted by Gasteiger charge is -2.23. The quantitative estimate of drug-likeness (QED) is 0.764. The van der Waals surface area contributed by atoms with Crippen molar-refractivity contribution in [2.45, 2.75) is 25.8 Å². The van der Waals surface area contributed by atoms with Crippen molar-refractivity contribution >= 4 is 34.4 Å². The molecule has 1 saturated carbocycles. The number of rotatable bonds is 4. The topological polar surface area (TPSA) is 33.2 Å². The number of hydrogen-bond donors (Lipinski definition) is 0. The van der Waals surface area contributed by atoms with E-state index < -0.39 is 0 Å². The molecule has 1 unspecified atom stereocenters. The van der Waals surface area contributed by atoms with E-state index in [4.69, 9.17) is 11.6 Å². The van der Waals surface area contributed by atoms with Crippen molar-refractivity contribution < 1.29 is 4.79 Å². The number of carbonyl (C=O) groups is 1. The van der Waals surface area contributed by atoms with Gasteiger partial charge in [-0.3, -0.25) is 4.79 Å². The van der Waals surface area contributed by atoms with Gasteiger partial charge < -0.3 is 4.90 Å². The summed E-state index contributed by atoms with van der Waals surface area (Å²) in [4.78, 5) is 17.5. The Bertz CT molecular complexity index is 375. The van der Waals surface area contributed by atoms with Crippen LogP contribution in [0.1, 0.15) is 29.4 Å². The van der Waals surface area contributed by atoms with Crippen molar-refractivity contribution in [3.8, 4) is 0 Å². The van der Waals surface area contributed by atoms with E-state index in [1.165, 1.54) is 24.2 Å². The molecule has 5 heteroatoms. The summed E-state index contributed by atoms with van der Waals surface area (Å²) in [6, 6.07) is 0.478. The van der Waals surface area contributed by atoms with Crippen LogP contribution in [-0.2, 0) is 0 Å². The van der Waals surface area contributed by atoms with Crippen molar-refractivity contribution in [3.63, 3.8) is 0 Å². The first-order valence-electron chi connectivity index (χ1n) is 4.98. The fraction of sp³-hybridized carbons (Fsp3) is 0.600. The summed E-state index contributed by atoms with van der Waals surface area (Å²) in [5, 5.41) is 1.15. The molecule has 1 aliphatic carbocycles. The van der Waals surface area contributed by atoms with Crippen LogP contribution in [0.4, 0.5) is 5.13 Å². The van der Waals surface area contributed by atoms with E-state index in [1.54, 1.807) is 0 Å². The van der Waals surface area contributed by atoms with E-state index in [2.05, 4.69) is 16.8 Å². The summed E-state index contributed by atoms with van der Waals surface area (Å²) in [6.45, 7) is 2.19. The third-order valence-electron chi connectivity index (χ3n) is 2.92. The number of thiazole rings is 1. The highest BCUT2D eigenvalue weighted by molar-refractivity contribution is 7.17. The van der Waals surface area contributed by atoms with Crippen molar-refractivity contribution in [3.05, 3.63) is 10.0 Å². The Morgan fingerprint density at radius 3 is 2.80 bits per heavy atom. The Hall–Kier alpha value is -0.610. The van der Waals surface area contributed by atoms with Gasteiger partial charge in [-0.2, -0.15) is 0 Å². The SMILES string of the molecule is CC(C1CC1)N(C)c1nc(Cl)c(C=O)s1. The van der Waals surface area contributed by atoms with Gasteiger partial charge in [0.05, 0.1) is 0 Å². The smallest absolute Gasteiger partial charge is 0.187 e. The second-order valence-electron chi connectivity index (χ2n) is 3.96. The van der Waals surface area contributed by atoms with Crippen LogP contribution >= 0.6 is 22.9 Å². The third-order valence-corrected chi connectivity index (χ3v) is 4.39. The zero-order chi connectivity index (χ0) is 11.0. The predicted octanol–water partition coefficient (Wildman–Crippen LogP) is 2.84. The zero-order valence-corrected chi connectivity index (χ0v) is 10.3. The van der Waals surface area contributed by atoms with E-state index in [0.29, 0.717) is 16.1 Å². The fourth-order valence-electron chi connectivity index (χ4n) is 1.59. The second kappa shape index (κ2) is 4.10. The van der Waals surface area contributed by atoms with Gasteiger partial charge in [0, 0.05) is 13.1 Å². The highest BCUT2D eigenvalue weighted by Gasteiger charge is 2.31. The van der Waals surface area contributed by atoms with Crippen LogP contribution in [0.25, 0.3) is 0 Å². The molecule has 1 atom stereocenters. The Morgan fingerprint density at radius 2 is 2.33 bits per heavy atom. The Balaban J connectivity index is 2.16. The van der Waals surface area contributed by atoms with Crippen LogP contribution < -0.4 is 4.90 Å². The molecule has 0 radical (unpaired) electrons. The number of aldehydes is 1. The van der Waals surface area contributed by atoms with E-state index in [-0.39, 0.29) is 0 Å². The normalized spacial score (nSPS) is 17.5. The Kier molecular flexibility index (Phi) is 2.98. The first-order chi connectivity index (χ1) is 7.13. The standard InChI is InChI=1S/C10H13ClN2OS/c1-6(7-3-4-7)13(2)10-12-9(11)8(5-14)15-10/h5-7H,3-4H2,1-2H3. The number of nitrogens with zero attached hydrogens (tertiary/aromatic N) is 2. The third kappa shape index (κ3) is 2.16. The van der Waals surface area contributed by atoms with Gasteiger partial charge in [0.1, 0.15) is 4.88 Å². The number of anilines is 1. The Morgan fingerprint density at radius 1 is 1.67 bits per heavy atom. The van der Waals surface area contributed by atoms with Crippen LogP contribution in [0.15, 0.2) is 0 Å². The van der Waals surface area contributed by atoms with Gasteiger partial charge in [0.2, 0.25) is 0 Å². The number of carbonyl (C=O) groups excluding carboxylic acids is 1. The molecule has 15 heavy (non-hydrogen) atoms. The van der Waals surface area contributed by atoms with Crippen molar-refractivity contribution in [2.75, 3.05) is 11.9 Å². The van der Waals surface area contributed by atoms with Gasteiger partial charge in [-0.1, -0.05) is 22.9 Å². The molecule has 2 rings (SSSR count). The molecule has 0 bridgehead atoms. The van der Waals surface area contributed by atoms with Crippen molar-refractivity contribution in [1.82, 2.24) is 4.98 Å². The monoisotopic (exact) mass is 244 g/mol. The zero-order valence-electron chi connectivity index (χ0n) is 8.74. The van der Waals surface area contributed by atoms with Gasteiger partial charge >= 0.3 is 0 Å². The van der Waals surface area contributed by atoms with Gasteiger partial charge in [-0.05, 0) is 25.7 Å². The molecule has 1 aliphatic rings. The molecule has 0 aromatic carbocycles. The van der Waals surface area contributed by atoms with Crippen LogP contribution in [-0.4, -0.2) is 24.4 Å². The average Bonchev–Trinajstić information content (AvgIpc) is 3.00. The Labute approximate surface area is 98.1 Å². The molecule has 82 valence electrons. The lowest BCUT2D eigenvalue weighted by atomic mass is 10.2. The van der Waals surface area contributed by atoms with Crippen LogP contribution in [0.3, 0.4) is 0 Å². The van der Waals surface area contributed by atoms with Gasteiger partial charge in [-0.15, -0.1) is 0 Å². The molecule has 0 aliphatic heterocycles. The lowest BCUT2D eigenvalue weighted by molar-refractivity contribution is 0.112. The number of aromatic nitrogens is 1.